The van der Waals surface area contributed by atoms with Gasteiger partial charge in [-0.15, -0.1) is 0 Å². The molecular weight excluding hydrogens is 296 g/mol. The Kier molecular flexibility index (Phi) is 4.23. The summed E-state index contributed by atoms with van der Waals surface area (Å²) in [5, 5.41) is 0. The van der Waals surface area contributed by atoms with Gasteiger partial charge in [0.2, 0.25) is 11.8 Å². The molecule has 0 spiro atoms. The standard InChI is InChI=1S/C17H20N2O4/c1-12(15-6-4-8-23-15)18(2)17(21)13-9-16(20)19(10-13)11-14-5-3-7-22-14/h3-8,12-13H,9-11H2,1-2H3. The van der Waals surface area contributed by atoms with E-state index >= 15 is 0 Å². The fraction of sp³-hybridized carbons (Fsp3) is 0.412. The zero-order chi connectivity index (χ0) is 16.4. The summed E-state index contributed by atoms with van der Waals surface area (Å²) in [4.78, 5) is 28.1. The Balaban J connectivity index is 1.63. The number of furan rings is 2. The smallest absolute Gasteiger partial charge is 0.228 e. The summed E-state index contributed by atoms with van der Waals surface area (Å²) >= 11 is 0. The van der Waals surface area contributed by atoms with Crippen LogP contribution in [0.2, 0.25) is 0 Å². The zero-order valence-electron chi connectivity index (χ0n) is 13.3. The van der Waals surface area contributed by atoms with Gasteiger partial charge in [-0.05, 0) is 31.2 Å². The molecule has 6 nitrogen and oxygen atoms in total. The van der Waals surface area contributed by atoms with Crippen LogP contribution in [0.4, 0.5) is 0 Å². The molecule has 1 saturated heterocycles. The number of rotatable bonds is 5. The summed E-state index contributed by atoms with van der Waals surface area (Å²) in [6.07, 6.45) is 3.42. The minimum atomic E-state index is -0.320. The minimum Gasteiger partial charge on any atom is -0.467 e. The van der Waals surface area contributed by atoms with E-state index < -0.39 is 0 Å². The Morgan fingerprint density at radius 3 is 2.74 bits per heavy atom. The fourth-order valence-electron chi connectivity index (χ4n) is 2.88. The third-order valence-electron chi connectivity index (χ3n) is 4.37. The number of carbonyl (C=O) groups is 2. The van der Waals surface area contributed by atoms with Gasteiger partial charge in [-0.25, -0.2) is 0 Å². The summed E-state index contributed by atoms with van der Waals surface area (Å²) in [6, 6.07) is 7.10. The molecule has 1 fully saturated rings. The lowest BCUT2D eigenvalue weighted by molar-refractivity contribution is -0.136. The first-order valence-corrected chi connectivity index (χ1v) is 7.66. The van der Waals surface area contributed by atoms with Crippen molar-refractivity contribution in [1.29, 1.82) is 0 Å². The van der Waals surface area contributed by atoms with Crippen molar-refractivity contribution in [3.63, 3.8) is 0 Å². The van der Waals surface area contributed by atoms with Crippen LogP contribution in [0.15, 0.2) is 45.6 Å². The van der Waals surface area contributed by atoms with Crippen LogP contribution in [0.25, 0.3) is 0 Å². The van der Waals surface area contributed by atoms with Gasteiger partial charge in [-0.2, -0.15) is 0 Å². The van der Waals surface area contributed by atoms with Crippen LogP contribution < -0.4 is 0 Å². The van der Waals surface area contributed by atoms with Gasteiger partial charge in [-0.3, -0.25) is 9.59 Å². The third-order valence-corrected chi connectivity index (χ3v) is 4.37. The Hall–Kier alpha value is -2.50. The number of hydrogen-bond donors (Lipinski definition) is 0. The highest BCUT2D eigenvalue weighted by Crippen LogP contribution is 2.26. The van der Waals surface area contributed by atoms with E-state index in [-0.39, 0.29) is 30.2 Å². The van der Waals surface area contributed by atoms with Gasteiger partial charge in [0.15, 0.2) is 0 Å². The van der Waals surface area contributed by atoms with Crippen LogP contribution in [-0.2, 0) is 16.1 Å². The van der Waals surface area contributed by atoms with Crippen molar-refractivity contribution in [3.05, 3.63) is 48.3 Å². The van der Waals surface area contributed by atoms with E-state index in [4.69, 9.17) is 8.83 Å². The fourth-order valence-corrected chi connectivity index (χ4v) is 2.88. The van der Waals surface area contributed by atoms with Gasteiger partial charge >= 0.3 is 0 Å². The average Bonchev–Trinajstić information content (AvgIpc) is 3.28. The molecule has 2 amide bonds. The SMILES string of the molecule is CC(c1ccco1)N(C)C(=O)C1CC(=O)N(Cc2ccco2)C1. The predicted molar refractivity (Wildman–Crippen MR) is 82.1 cm³/mol. The molecule has 23 heavy (non-hydrogen) atoms. The molecule has 1 aliphatic rings. The molecule has 0 aromatic carbocycles. The quantitative estimate of drug-likeness (QED) is 0.850. The van der Waals surface area contributed by atoms with Gasteiger partial charge in [0.05, 0.1) is 31.0 Å². The molecule has 1 aliphatic heterocycles. The molecule has 0 radical (unpaired) electrons. The summed E-state index contributed by atoms with van der Waals surface area (Å²) in [5.41, 5.74) is 0. The highest BCUT2D eigenvalue weighted by Gasteiger charge is 2.37. The van der Waals surface area contributed by atoms with E-state index in [2.05, 4.69) is 0 Å². The monoisotopic (exact) mass is 316 g/mol. The number of amides is 2. The topological polar surface area (TPSA) is 66.9 Å². The second-order valence-electron chi connectivity index (χ2n) is 5.90. The largest absolute Gasteiger partial charge is 0.467 e. The normalized spacial score (nSPS) is 19.1. The van der Waals surface area contributed by atoms with Gasteiger partial charge < -0.3 is 18.6 Å². The van der Waals surface area contributed by atoms with E-state index in [1.807, 2.05) is 19.1 Å². The average molecular weight is 316 g/mol. The Labute approximate surface area is 134 Å². The van der Waals surface area contributed by atoms with Crippen LogP contribution in [0.5, 0.6) is 0 Å². The van der Waals surface area contributed by atoms with Crippen molar-refractivity contribution >= 4 is 11.8 Å². The molecule has 0 saturated carbocycles. The number of carbonyl (C=O) groups excluding carboxylic acids is 2. The van der Waals surface area contributed by atoms with E-state index in [0.717, 1.165) is 11.5 Å². The maximum atomic E-state index is 12.7. The predicted octanol–water partition coefficient (Wildman–Crippen LogP) is 2.44. The summed E-state index contributed by atoms with van der Waals surface area (Å²) in [6.45, 7) is 2.74. The van der Waals surface area contributed by atoms with E-state index in [0.29, 0.717) is 13.1 Å². The van der Waals surface area contributed by atoms with E-state index in [1.54, 1.807) is 41.5 Å². The van der Waals surface area contributed by atoms with Crippen molar-refractivity contribution < 1.29 is 18.4 Å². The van der Waals surface area contributed by atoms with Gasteiger partial charge in [0.25, 0.3) is 0 Å². The third kappa shape index (κ3) is 3.16. The zero-order valence-corrected chi connectivity index (χ0v) is 13.3. The molecule has 2 unspecified atom stereocenters. The Morgan fingerprint density at radius 2 is 2.09 bits per heavy atom. The Bertz CT molecular complexity index is 663. The van der Waals surface area contributed by atoms with E-state index in [9.17, 15) is 9.59 Å². The molecule has 0 aliphatic carbocycles. The van der Waals surface area contributed by atoms with Crippen molar-refractivity contribution in [2.45, 2.75) is 25.9 Å². The van der Waals surface area contributed by atoms with Crippen molar-refractivity contribution in [3.8, 4) is 0 Å². The molecule has 3 heterocycles. The van der Waals surface area contributed by atoms with Gasteiger partial charge in [0, 0.05) is 20.0 Å². The molecule has 0 N–H and O–H groups in total. The second kappa shape index (κ2) is 6.32. The van der Waals surface area contributed by atoms with Gasteiger partial charge in [-0.1, -0.05) is 0 Å². The number of likely N-dealkylation sites (tertiary alicyclic amines) is 1. The first-order chi connectivity index (χ1) is 11.1. The lowest BCUT2D eigenvalue weighted by Crippen LogP contribution is -2.36. The second-order valence-corrected chi connectivity index (χ2v) is 5.90. The minimum absolute atomic E-state index is 0.0150. The molecule has 2 atom stereocenters. The molecule has 6 heteroatoms. The molecule has 2 aromatic heterocycles. The molecular formula is C17H20N2O4. The van der Waals surface area contributed by atoms with Crippen LogP contribution >= 0.6 is 0 Å². The first kappa shape index (κ1) is 15.4. The van der Waals surface area contributed by atoms with Crippen LogP contribution in [0.1, 0.15) is 30.9 Å². The molecule has 3 rings (SSSR count). The van der Waals surface area contributed by atoms with Gasteiger partial charge in [0.1, 0.15) is 11.5 Å². The maximum Gasteiger partial charge on any atom is 0.228 e. The highest BCUT2D eigenvalue weighted by molar-refractivity contribution is 5.89. The first-order valence-electron chi connectivity index (χ1n) is 7.66. The summed E-state index contributed by atoms with van der Waals surface area (Å²) in [7, 11) is 1.75. The molecule has 122 valence electrons. The maximum absolute atomic E-state index is 12.7. The van der Waals surface area contributed by atoms with Crippen LogP contribution in [0.3, 0.4) is 0 Å². The number of hydrogen-bond acceptors (Lipinski definition) is 4. The Morgan fingerprint density at radius 1 is 1.35 bits per heavy atom. The van der Waals surface area contributed by atoms with Crippen LogP contribution in [0, 0.1) is 5.92 Å². The highest BCUT2D eigenvalue weighted by atomic mass is 16.3. The number of nitrogens with zero attached hydrogens (tertiary/aromatic N) is 2. The van der Waals surface area contributed by atoms with Crippen molar-refractivity contribution in [2.75, 3.05) is 13.6 Å². The van der Waals surface area contributed by atoms with Crippen LogP contribution in [-0.4, -0.2) is 35.2 Å². The summed E-state index contributed by atoms with van der Waals surface area (Å²) in [5.74, 6) is 1.09. The van der Waals surface area contributed by atoms with Crippen molar-refractivity contribution in [2.24, 2.45) is 5.92 Å². The van der Waals surface area contributed by atoms with E-state index in [1.165, 1.54) is 0 Å². The van der Waals surface area contributed by atoms with Crippen molar-refractivity contribution in [1.82, 2.24) is 9.80 Å². The lowest BCUT2D eigenvalue weighted by Gasteiger charge is -2.26. The molecule has 2 aromatic rings. The summed E-state index contributed by atoms with van der Waals surface area (Å²) < 4.78 is 10.6. The molecule has 0 bridgehead atoms. The lowest BCUT2D eigenvalue weighted by atomic mass is 10.1.